The van der Waals surface area contributed by atoms with Crippen LogP contribution in [0.2, 0.25) is 0 Å². The minimum Gasteiger partial charge on any atom is -0.459 e. The van der Waals surface area contributed by atoms with Gasteiger partial charge < -0.3 is 24.4 Å². The standard InChI is InChI=1S/C19H17FO7/c20-19(24)15(27-17(22)13-9-5-2-6-10-13)14(26-18(19)23)11-25-16(21)12-7-3-1-4-8-12/h1-10,14-15,18,23-24H,11H2/t14-,15-,18+,19+/m1/s1. The highest BCUT2D eigenvalue weighted by Gasteiger charge is 2.59. The number of carbonyl (C=O) groups excluding carboxylic acids is 2. The van der Waals surface area contributed by atoms with Gasteiger partial charge in [-0.15, -0.1) is 0 Å². The van der Waals surface area contributed by atoms with E-state index in [2.05, 4.69) is 0 Å². The molecule has 2 aromatic rings. The molecule has 2 N–H and O–H groups in total. The molecule has 142 valence electrons. The van der Waals surface area contributed by atoms with Gasteiger partial charge >= 0.3 is 11.9 Å². The summed E-state index contributed by atoms with van der Waals surface area (Å²) in [5.41, 5.74) is 0.374. The van der Waals surface area contributed by atoms with Gasteiger partial charge in [-0.3, -0.25) is 0 Å². The molecule has 8 heteroatoms. The fourth-order valence-electron chi connectivity index (χ4n) is 2.59. The first-order valence-electron chi connectivity index (χ1n) is 8.12. The van der Waals surface area contributed by atoms with Crippen molar-refractivity contribution in [1.29, 1.82) is 0 Å². The number of ether oxygens (including phenoxy) is 3. The molecule has 0 aromatic heterocycles. The molecule has 0 amide bonds. The van der Waals surface area contributed by atoms with Crippen LogP contribution in [0.5, 0.6) is 0 Å². The van der Waals surface area contributed by atoms with Gasteiger partial charge in [0.1, 0.15) is 12.7 Å². The summed E-state index contributed by atoms with van der Waals surface area (Å²) in [5, 5.41) is 19.4. The van der Waals surface area contributed by atoms with Gasteiger partial charge in [-0.2, -0.15) is 0 Å². The molecule has 3 rings (SSSR count). The maximum absolute atomic E-state index is 14.4. The third kappa shape index (κ3) is 4.13. The maximum Gasteiger partial charge on any atom is 0.338 e. The Morgan fingerprint density at radius 1 is 1.00 bits per heavy atom. The van der Waals surface area contributed by atoms with Crippen molar-refractivity contribution in [3.05, 3.63) is 71.8 Å². The van der Waals surface area contributed by atoms with E-state index in [0.717, 1.165) is 0 Å². The SMILES string of the molecule is O=C(OC[C@H]1O[C@H](O)[C@](O)(F)[C@@H]1OC(=O)c1ccccc1)c1ccccc1. The fourth-order valence-corrected chi connectivity index (χ4v) is 2.59. The molecule has 0 unspecified atom stereocenters. The van der Waals surface area contributed by atoms with E-state index in [1.807, 2.05) is 0 Å². The third-order valence-electron chi connectivity index (χ3n) is 4.02. The van der Waals surface area contributed by atoms with Crippen LogP contribution in [0.1, 0.15) is 20.7 Å². The lowest BCUT2D eigenvalue weighted by Gasteiger charge is -2.24. The highest BCUT2D eigenvalue weighted by Crippen LogP contribution is 2.34. The zero-order valence-electron chi connectivity index (χ0n) is 14.0. The molecule has 0 saturated carbocycles. The van der Waals surface area contributed by atoms with Gasteiger partial charge in [-0.25, -0.2) is 14.0 Å². The van der Waals surface area contributed by atoms with Crippen molar-refractivity contribution in [2.75, 3.05) is 6.61 Å². The normalized spacial score (nSPS) is 27.1. The molecule has 0 bridgehead atoms. The van der Waals surface area contributed by atoms with Crippen molar-refractivity contribution in [3.8, 4) is 0 Å². The van der Waals surface area contributed by atoms with Crippen molar-refractivity contribution in [2.45, 2.75) is 24.4 Å². The Bertz CT molecular complexity index is 794. The van der Waals surface area contributed by atoms with Gasteiger partial charge in [-0.05, 0) is 24.3 Å². The molecular formula is C19H17FO7. The Hall–Kier alpha value is -2.81. The van der Waals surface area contributed by atoms with Gasteiger partial charge in [0.15, 0.2) is 6.10 Å². The lowest BCUT2D eigenvalue weighted by Crippen LogP contribution is -2.47. The molecule has 1 heterocycles. The van der Waals surface area contributed by atoms with Crippen LogP contribution in [0.25, 0.3) is 0 Å². The number of alkyl halides is 1. The lowest BCUT2D eigenvalue weighted by atomic mass is 10.1. The second-order valence-corrected chi connectivity index (χ2v) is 5.91. The lowest BCUT2D eigenvalue weighted by molar-refractivity contribution is -0.239. The largest absolute Gasteiger partial charge is 0.459 e. The Balaban J connectivity index is 1.69. The van der Waals surface area contributed by atoms with Crippen molar-refractivity contribution in [2.24, 2.45) is 0 Å². The molecule has 1 saturated heterocycles. The van der Waals surface area contributed by atoms with Crippen LogP contribution in [0.15, 0.2) is 60.7 Å². The number of halogens is 1. The van der Waals surface area contributed by atoms with Crippen LogP contribution in [0.4, 0.5) is 4.39 Å². The van der Waals surface area contributed by atoms with Gasteiger partial charge in [0.05, 0.1) is 11.1 Å². The molecule has 1 fully saturated rings. The van der Waals surface area contributed by atoms with Crippen molar-refractivity contribution in [3.63, 3.8) is 0 Å². The monoisotopic (exact) mass is 376 g/mol. The average molecular weight is 376 g/mol. The van der Waals surface area contributed by atoms with Gasteiger partial charge in [0.25, 0.3) is 5.85 Å². The quantitative estimate of drug-likeness (QED) is 0.762. The fraction of sp³-hybridized carbons (Fsp3) is 0.263. The Morgan fingerprint density at radius 2 is 1.52 bits per heavy atom. The van der Waals surface area contributed by atoms with Gasteiger partial charge in [-0.1, -0.05) is 36.4 Å². The molecule has 0 aliphatic carbocycles. The summed E-state index contributed by atoms with van der Waals surface area (Å²) in [4.78, 5) is 24.1. The Morgan fingerprint density at radius 3 is 2.07 bits per heavy atom. The molecule has 4 atom stereocenters. The topological polar surface area (TPSA) is 102 Å². The van der Waals surface area contributed by atoms with Crippen LogP contribution in [-0.2, 0) is 14.2 Å². The zero-order chi connectivity index (χ0) is 19.4. The summed E-state index contributed by atoms with van der Waals surface area (Å²) >= 11 is 0. The van der Waals surface area contributed by atoms with Crippen LogP contribution in [-0.4, -0.2) is 53.1 Å². The van der Waals surface area contributed by atoms with Crippen molar-refractivity contribution >= 4 is 11.9 Å². The van der Waals surface area contributed by atoms with Crippen molar-refractivity contribution < 1.29 is 38.4 Å². The number of aliphatic hydroxyl groups excluding tert-OH is 1. The molecular weight excluding hydrogens is 359 g/mol. The number of rotatable bonds is 5. The van der Waals surface area contributed by atoms with Crippen LogP contribution < -0.4 is 0 Å². The number of hydrogen-bond acceptors (Lipinski definition) is 7. The summed E-state index contributed by atoms with van der Waals surface area (Å²) < 4.78 is 29.3. The second kappa shape index (κ2) is 7.83. The minimum atomic E-state index is -3.35. The van der Waals surface area contributed by atoms with Crippen molar-refractivity contribution in [1.82, 2.24) is 0 Å². The van der Waals surface area contributed by atoms with E-state index in [9.17, 15) is 24.2 Å². The molecule has 0 spiro atoms. The van der Waals surface area contributed by atoms with E-state index in [4.69, 9.17) is 14.2 Å². The number of esters is 2. The summed E-state index contributed by atoms with van der Waals surface area (Å²) in [7, 11) is 0. The molecule has 7 nitrogen and oxygen atoms in total. The molecule has 1 aliphatic rings. The number of benzene rings is 2. The van der Waals surface area contributed by atoms with Crippen LogP contribution >= 0.6 is 0 Å². The highest BCUT2D eigenvalue weighted by atomic mass is 19.2. The summed E-state index contributed by atoms with van der Waals surface area (Å²) in [6.45, 7) is -0.538. The zero-order valence-corrected chi connectivity index (χ0v) is 14.0. The first kappa shape index (κ1) is 19.0. The van der Waals surface area contributed by atoms with E-state index in [1.54, 1.807) is 36.4 Å². The highest BCUT2D eigenvalue weighted by molar-refractivity contribution is 5.90. The number of hydrogen-bond donors (Lipinski definition) is 2. The van der Waals surface area contributed by atoms with Crippen LogP contribution in [0.3, 0.4) is 0 Å². The minimum absolute atomic E-state index is 0.120. The predicted molar refractivity (Wildman–Crippen MR) is 89.3 cm³/mol. The second-order valence-electron chi connectivity index (χ2n) is 5.91. The summed E-state index contributed by atoms with van der Waals surface area (Å²) in [6, 6.07) is 15.7. The predicted octanol–water partition coefficient (Wildman–Crippen LogP) is 1.44. The Kier molecular flexibility index (Phi) is 5.50. The van der Waals surface area contributed by atoms with Gasteiger partial charge in [0.2, 0.25) is 6.29 Å². The molecule has 0 radical (unpaired) electrons. The number of carbonyl (C=O) groups is 2. The van der Waals surface area contributed by atoms with E-state index in [1.165, 1.54) is 24.3 Å². The first-order chi connectivity index (χ1) is 12.9. The summed E-state index contributed by atoms with van der Waals surface area (Å²) in [6.07, 6.45) is -5.54. The van der Waals surface area contributed by atoms with E-state index < -0.39 is 42.9 Å². The van der Waals surface area contributed by atoms with E-state index in [0.29, 0.717) is 0 Å². The first-order valence-corrected chi connectivity index (χ1v) is 8.12. The van der Waals surface area contributed by atoms with E-state index in [-0.39, 0.29) is 11.1 Å². The van der Waals surface area contributed by atoms with Gasteiger partial charge in [0, 0.05) is 0 Å². The molecule has 2 aromatic carbocycles. The average Bonchev–Trinajstić information content (AvgIpc) is 2.90. The smallest absolute Gasteiger partial charge is 0.338 e. The number of aliphatic hydroxyl groups is 2. The summed E-state index contributed by atoms with van der Waals surface area (Å²) in [5.74, 6) is -4.99. The molecule has 27 heavy (non-hydrogen) atoms. The maximum atomic E-state index is 14.4. The molecule has 1 aliphatic heterocycles. The Labute approximate surface area is 153 Å². The van der Waals surface area contributed by atoms with E-state index >= 15 is 0 Å². The third-order valence-corrected chi connectivity index (χ3v) is 4.02. The van der Waals surface area contributed by atoms with Crippen LogP contribution in [0, 0.1) is 0 Å².